The number of nitrogens with one attached hydrogen (secondary N) is 1. The maximum absolute atomic E-state index is 5.94. The van der Waals surface area contributed by atoms with Crippen LogP contribution >= 0.6 is 39.1 Å². The second kappa shape index (κ2) is 5.67. The molecule has 0 saturated carbocycles. The summed E-state index contributed by atoms with van der Waals surface area (Å²) in [5, 5.41) is 3.73. The van der Waals surface area contributed by atoms with Crippen LogP contribution in [-0.4, -0.2) is 9.97 Å². The molecule has 0 bridgehead atoms. The molecule has 2 aromatic rings. The molecule has 1 aromatic heterocycles. The smallest absolute Gasteiger partial charge is 0.224 e. The van der Waals surface area contributed by atoms with Crippen molar-refractivity contribution < 1.29 is 0 Å². The van der Waals surface area contributed by atoms with Gasteiger partial charge < -0.3 is 5.32 Å². The van der Waals surface area contributed by atoms with Crippen LogP contribution in [0.15, 0.2) is 34.9 Å². The first-order valence-corrected chi connectivity index (χ1v) is 6.36. The molecule has 1 N–H and O–H groups in total. The van der Waals surface area contributed by atoms with E-state index >= 15 is 0 Å². The van der Waals surface area contributed by atoms with Gasteiger partial charge in [-0.1, -0.05) is 39.7 Å². The van der Waals surface area contributed by atoms with Crippen molar-refractivity contribution >= 4 is 44.9 Å². The molecule has 6 heteroatoms. The highest BCUT2D eigenvalue weighted by atomic mass is 79.9. The molecular formula is C11H8BrCl2N3. The van der Waals surface area contributed by atoms with Crippen LogP contribution in [0.25, 0.3) is 0 Å². The summed E-state index contributed by atoms with van der Waals surface area (Å²) < 4.78 is 1.03. The minimum atomic E-state index is 0.172. The first kappa shape index (κ1) is 12.6. The Hall–Kier alpha value is -0.840. The van der Waals surface area contributed by atoms with Crippen molar-refractivity contribution in [2.75, 3.05) is 5.32 Å². The Bertz CT molecular complexity index is 534. The van der Waals surface area contributed by atoms with E-state index in [1.807, 2.05) is 24.3 Å². The molecule has 2 rings (SSSR count). The first-order chi connectivity index (χ1) is 8.15. The van der Waals surface area contributed by atoms with Gasteiger partial charge in [0.05, 0.1) is 6.20 Å². The van der Waals surface area contributed by atoms with Crippen molar-refractivity contribution in [3.8, 4) is 0 Å². The molecule has 88 valence electrons. The summed E-state index contributed by atoms with van der Waals surface area (Å²) in [4.78, 5) is 7.79. The van der Waals surface area contributed by atoms with E-state index in [4.69, 9.17) is 23.2 Å². The Morgan fingerprint density at radius 2 is 2.12 bits per heavy atom. The van der Waals surface area contributed by atoms with E-state index in [9.17, 15) is 0 Å². The number of halogens is 3. The highest BCUT2D eigenvalue weighted by Crippen LogP contribution is 2.20. The predicted octanol–water partition coefficient (Wildman–Crippen LogP) is 4.16. The van der Waals surface area contributed by atoms with E-state index in [2.05, 4.69) is 31.2 Å². The van der Waals surface area contributed by atoms with Gasteiger partial charge in [0.1, 0.15) is 10.8 Å². The van der Waals surface area contributed by atoms with Gasteiger partial charge >= 0.3 is 0 Å². The lowest BCUT2D eigenvalue weighted by molar-refractivity contribution is 1.08. The molecule has 1 heterocycles. The molecule has 3 nitrogen and oxygen atoms in total. The normalized spacial score (nSPS) is 10.3. The number of nitrogens with zero attached hydrogens (tertiary/aromatic N) is 2. The van der Waals surface area contributed by atoms with Gasteiger partial charge in [-0.15, -0.1) is 0 Å². The lowest BCUT2D eigenvalue weighted by atomic mass is 10.2. The van der Waals surface area contributed by atoms with Gasteiger partial charge in [-0.2, -0.15) is 4.98 Å². The number of anilines is 1. The van der Waals surface area contributed by atoms with E-state index < -0.39 is 0 Å². The van der Waals surface area contributed by atoms with Crippen LogP contribution in [0.3, 0.4) is 0 Å². The fourth-order valence-corrected chi connectivity index (χ4v) is 2.04. The van der Waals surface area contributed by atoms with E-state index in [-0.39, 0.29) is 5.28 Å². The number of rotatable bonds is 3. The average molecular weight is 333 g/mol. The number of hydrogen-bond acceptors (Lipinski definition) is 3. The molecule has 0 aliphatic carbocycles. The molecule has 0 radical (unpaired) electrons. The summed E-state index contributed by atoms with van der Waals surface area (Å²) in [7, 11) is 0. The monoisotopic (exact) mass is 331 g/mol. The summed E-state index contributed by atoms with van der Waals surface area (Å²) >= 11 is 15.0. The quantitative estimate of drug-likeness (QED) is 0.858. The fourth-order valence-electron chi connectivity index (χ4n) is 1.30. The molecule has 0 fully saturated rings. The Kier molecular flexibility index (Phi) is 4.20. The van der Waals surface area contributed by atoms with Crippen LogP contribution in [0.4, 0.5) is 5.82 Å². The molecule has 0 amide bonds. The molecule has 1 aromatic carbocycles. The fraction of sp³-hybridized carbons (Fsp3) is 0.0909. The number of hydrogen-bond donors (Lipinski definition) is 1. The van der Waals surface area contributed by atoms with Gasteiger partial charge in [0.2, 0.25) is 5.28 Å². The second-order valence-electron chi connectivity index (χ2n) is 3.32. The van der Waals surface area contributed by atoms with Gasteiger partial charge in [-0.05, 0) is 29.3 Å². The van der Waals surface area contributed by atoms with Gasteiger partial charge in [0.15, 0.2) is 0 Å². The zero-order chi connectivity index (χ0) is 12.3. The summed E-state index contributed by atoms with van der Waals surface area (Å²) in [6, 6.07) is 7.96. The third-order valence-corrected chi connectivity index (χ3v) is 3.02. The van der Waals surface area contributed by atoms with Crippen molar-refractivity contribution in [1.82, 2.24) is 9.97 Å². The van der Waals surface area contributed by atoms with Gasteiger partial charge in [-0.25, -0.2) is 4.98 Å². The molecule has 0 aliphatic rings. The average Bonchev–Trinajstić information content (AvgIpc) is 2.30. The lowest BCUT2D eigenvalue weighted by Crippen LogP contribution is -2.02. The summed E-state index contributed by atoms with van der Waals surface area (Å²) in [6.45, 7) is 0.618. The van der Waals surface area contributed by atoms with Crippen LogP contribution in [0.2, 0.25) is 10.3 Å². The summed E-state index contributed by atoms with van der Waals surface area (Å²) in [5.74, 6) is 0.534. The van der Waals surface area contributed by atoms with Gasteiger partial charge in [0, 0.05) is 11.0 Å². The largest absolute Gasteiger partial charge is 0.365 e. The van der Waals surface area contributed by atoms with Crippen molar-refractivity contribution in [2.45, 2.75) is 6.54 Å². The maximum Gasteiger partial charge on any atom is 0.224 e. The number of aromatic nitrogens is 2. The summed E-state index contributed by atoms with van der Waals surface area (Å²) in [5.41, 5.74) is 1.12. The second-order valence-corrected chi connectivity index (χ2v) is 4.98. The van der Waals surface area contributed by atoms with E-state index in [0.29, 0.717) is 17.4 Å². The minimum absolute atomic E-state index is 0.172. The van der Waals surface area contributed by atoms with Crippen molar-refractivity contribution in [3.63, 3.8) is 0 Å². The van der Waals surface area contributed by atoms with Crippen molar-refractivity contribution in [1.29, 1.82) is 0 Å². The SMILES string of the molecule is Clc1ncc(Cl)c(NCc2cccc(Br)c2)n1. The van der Waals surface area contributed by atoms with Crippen LogP contribution < -0.4 is 5.32 Å². The number of benzene rings is 1. The van der Waals surface area contributed by atoms with E-state index in [1.165, 1.54) is 6.20 Å². The lowest BCUT2D eigenvalue weighted by Gasteiger charge is -2.07. The molecule has 0 unspecified atom stereocenters. The zero-order valence-corrected chi connectivity index (χ0v) is 11.7. The Labute approximate surface area is 117 Å². The van der Waals surface area contributed by atoms with Gasteiger partial charge in [0.25, 0.3) is 0 Å². The standard InChI is InChI=1S/C11H8BrCl2N3/c12-8-3-1-2-7(4-8)5-15-10-9(13)6-16-11(14)17-10/h1-4,6H,5H2,(H,15,16,17). The van der Waals surface area contributed by atoms with Crippen LogP contribution in [0.1, 0.15) is 5.56 Å². The molecule has 0 atom stereocenters. The van der Waals surface area contributed by atoms with Crippen LogP contribution in [-0.2, 0) is 6.54 Å². The van der Waals surface area contributed by atoms with E-state index in [0.717, 1.165) is 10.0 Å². The maximum atomic E-state index is 5.94. The molecule has 17 heavy (non-hydrogen) atoms. The van der Waals surface area contributed by atoms with Crippen LogP contribution in [0, 0.1) is 0 Å². The molecule has 0 spiro atoms. The molecule has 0 saturated heterocycles. The third kappa shape index (κ3) is 3.56. The predicted molar refractivity (Wildman–Crippen MR) is 73.5 cm³/mol. The highest BCUT2D eigenvalue weighted by molar-refractivity contribution is 9.10. The first-order valence-electron chi connectivity index (χ1n) is 4.81. The van der Waals surface area contributed by atoms with Gasteiger partial charge in [-0.3, -0.25) is 0 Å². The zero-order valence-electron chi connectivity index (χ0n) is 8.62. The Morgan fingerprint density at radius 3 is 2.88 bits per heavy atom. The summed E-state index contributed by atoms with van der Waals surface area (Å²) in [6.07, 6.45) is 1.47. The Morgan fingerprint density at radius 1 is 1.29 bits per heavy atom. The molecule has 0 aliphatic heterocycles. The van der Waals surface area contributed by atoms with Crippen molar-refractivity contribution in [3.05, 3.63) is 50.8 Å². The van der Waals surface area contributed by atoms with Crippen molar-refractivity contribution in [2.24, 2.45) is 0 Å². The molecular weight excluding hydrogens is 325 g/mol. The Balaban J connectivity index is 2.09. The van der Waals surface area contributed by atoms with Crippen LogP contribution in [0.5, 0.6) is 0 Å². The third-order valence-electron chi connectivity index (χ3n) is 2.06. The van der Waals surface area contributed by atoms with E-state index in [1.54, 1.807) is 0 Å². The highest BCUT2D eigenvalue weighted by Gasteiger charge is 2.03. The minimum Gasteiger partial charge on any atom is -0.365 e. The topological polar surface area (TPSA) is 37.8 Å².